The highest BCUT2D eigenvalue weighted by atomic mass is 32.2. The Kier molecular flexibility index (Phi) is 8.71. The molecule has 2 aromatic rings. The average Bonchev–Trinajstić information content (AvgIpc) is 3.08. The van der Waals surface area contributed by atoms with E-state index in [1.807, 2.05) is 36.0 Å². The van der Waals surface area contributed by atoms with Crippen LogP contribution in [0.1, 0.15) is 42.6 Å². The molecule has 1 aromatic carbocycles. The predicted octanol–water partition coefficient (Wildman–Crippen LogP) is 3.56. The quantitative estimate of drug-likeness (QED) is 0.483. The third kappa shape index (κ3) is 6.50. The lowest BCUT2D eigenvalue weighted by molar-refractivity contribution is 0.0952. The van der Waals surface area contributed by atoms with Crippen molar-refractivity contribution in [3.8, 4) is 0 Å². The molecule has 142 valence electrons. The molecule has 0 spiro atoms. The van der Waals surface area contributed by atoms with Crippen molar-refractivity contribution in [2.45, 2.75) is 37.6 Å². The topological polar surface area (TPSA) is 50.2 Å². The van der Waals surface area contributed by atoms with Gasteiger partial charge in [0.15, 0.2) is 5.16 Å². The minimum absolute atomic E-state index is 0.0108. The summed E-state index contributed by atoms with van der Waals surface area (Å²) in [6.45, 7) is 8.38. The number of unbranched alkanes of at least 4 members (excludes halogenated alkanes) is 1. The second kappa shape index (κ2) is 11.0. The summed E-state index contributed by atoms with van der Waals surface area (Å²) in [7, 11) is 1.99. The maximum atomic E-state index is 12.3. The number of carbonyl (C=O) groups excluding carboxylic acids is 1. The van der Waals surface area contributed by atoms with Crippen LogP contribution < -0.4 is 5.32 Å². The van der Waals surface area contributed by atoms with Gasteiger partial charge in [-0.25, -0.2) is 4.98 Å². The largest absolute Gasteiger partial charge is 0.352 e. The van der Waals surface area contributed by atoms with E-state index < -0.39 is 0 Å². The summed E-state index contributed by atoms with van der Waals surface area (Å²) < 4.78 is 2.00. The van der Waals surface area contributed by atoms with Crippen LogP contribution in [0.2, 0.25) is 0 Å². The average molecular weight is 375 g/mol. The highest BCUT2D eigenvalue weighted by Crippen LogP contribution is 2.21. The van der Waals surface area contributed by atoms with E-state index in [1.165, 1.54) is 0 Å². The van der Waals surface area contributed by atoms with Crippen molar-refractivity contribution in [1.29, 1.82) is 0 Å². The lowest BCUT2D eigenvalue weighted by Gasteiger charge is -2.17. The van der Waals surface area contributed by atoms with Crippen LogP contribution in [0.15, 0.2) is 41.8 Å². The van der Waals surface area contributed by atoms with E-state index in [0.717, 1.165) is 61.1 Å². The number of hydrogen-bond acceptors (Lipinski definition) is 4. The molecule has 0 aliphatic rings. The number of benzene rings is 1. The van der Waals surface area contributed by atoms with Crippen LogP contribution in [-0.2, 0) is 12.8 Å². The van der Waals surface area contributed by atoms with E-state index in [-0.39, 0.29) is 5.91 Å². The Labute approximate surface area is 161 Å². The summed E-state index contributed by atoms with van der Waals surface area (Å²) in [4.78, 5) is 19.1. The second-order valence-electron chi connectivity index (χ2n) is 6.30. The van der Waals surface area contributed by atoms with Gasteiger partial charge in [0.05, 0.1) is 0 Å². The van der Waals surface area contributed by atoms with Gasteiger partial charge in [-0.1, -0.05) is 37.7 Å². The monoisotopic (exact) mass is 374 g/mol. The number of nitrogens with one attached hydrogen (secondary N) is 1. The highest BCUT2D eigenvalue weighted by molar-refractivity contribution is 7.98. The first-order chi connectivity index (χ1) is 12.6. The normalized spacial score (nSPS) is 11.1. The van der Waals surface area contributed by atoms with Crippen LogP contribution >= 0.6 is 11.8 Å². The summed E-state index contributed by atoms with van der Waals surface area (Å²) in [5.41, 5.74) is 1.86. The molecule has 0 fully saturated rings. The Morgan fingerprint density at radius 2 is 2.08 bits per heavy atom. The standard InChI is InChI=1S/C20H30N4OS/c1-4-24(5-2)13-7-6-11-21-19(25)18-10-8-9-17(15-18)16-26-20-22-12-14-23(20)3/h8-10,12,14-15H,4-7,11,13,16H2,1-3H3,(H,21,25). The smallest absolute Gasteiger partial charge is 0.251 e. The lowest BCUT2D eigenvalue weighted by atomic mass is 10.1. The first-order valence-electron chi connectivity index (χ1n) is 9.33. The number of imidazole rings is 1. The molecule has 1 heterocycles. The first kappa shape index (κ1) is 20.5. The molecule has 26 heavy (non-hydrogen) atoms. The van der Waals surface area contributed by atoms with E-state index in [4.69, 9.17) is 0 Å². The third-order valence-corrected chi connectivity index (χ3v) is 5.54. The Morgan fingerprint density at radius 3 is 2.77 bits per heavy atom. The highest BCUT2D eigenvalue weighted by Gasteiger charge is 2.07. The maximum Gasteiger partial charge on any atom is 0.251 e. The molecule has 6 heteroatoms. The van der Waals surface area contributed by atoms with E-state index >= 15 is 0 Å². The minimum atomic E-state index is 0.0108. The van der Waals surface area contributed by atoms with Crippen molar-refractivity contribution in [3.63, 3.8) is 0 Å². The van der Waals surface area contributed by atoms with Crippen LogP contribution in [0.4, 0.5) is 0 Å². The first-order valence-corrected chi connectivity index (χ1v) is 10.3. The van der Waals surface area contributed by atoms with Gasteiger partial charge in [-0.2, -0.15) is 0 Å². The fourth-order valence-electron chi connectivity index (χ4n) is 2.75. The Morgan fingerprint density at radius 1 is 1.27 bits per heavy atom. The van der Waals surface area contributed by atoms with Crippen LogP contribution in [0, 0.1) is 0 Å². The molecular formula is C20H30N4OS. The van der Waals surface area contributed by atoms with Gasteiger partial charge in [-0.15, -0.1) is 0 Å². The summed E-state index contributed by atoms with van der Waals surface area (Å²) in [5, 5.41) is 4.01. The zero-order chi connectivity index (χ0) is 18.8. The Bertz CT molecular complexity index is 682. The number of aromatic nitrogens is 2. The van der Waals surface area contributed by atoms with Gasteiger partial charge in [-0.3, -0.25) is 4.79 Å². The van der Waals surface area contributed by atoms with E-state index in [0.29, 0.717) is 0 Å². The van der Waals surface area contributed by atoms with Crippen LogP contribution in [0.3, 0.4) is 0 Å². The molecule has 1 N–H and O–H groups in total. The van der Waals surface area contributed by atoms with Gasteiger partial charge in [0.1, 0.15) is 0 Å². The van der Waals surface area contributed by atoms with Crippen molar-refractivity contribution in [2.75, 3.05) is 26.2 Å². The van der Waals surface area contributed by atoms with E-state index in [9.17, 15) is 4.79 Å². The molecule has 2 rings (SSSR count). The zero-order valence-electron chi connectivity index (χ0n) is 16.1. The summed E-state index contributed by atoms with van der Waals surface area (Å²) in [6, 6.07) is 7.85. The molecule has 0 radical (unpaired) electrons. The van der Waals surface area contributed by atoms with Gasteiger partial charge in [0.25, 0.3) is 5.91 Å². The summed E-state index contributed by atoms with van der Waals surface area (Å²) in [5.74, 6) is 0.812. The second-order valence-corrected chi connectivity index (χ2v) is 7.24. The number of hydrogen-bond donors (Lipinski definition) is 1. The number of aryl methyl sites for hydroxylation is 1. The molecule has 0 atom stereocenters. The molecule has 1 aromatic heterocycles. The third-order valence-electron chi connectivity index (χ3n) is 4.42. The number of amides is 1. The minimum Gasteiger partial charge on any atom is -0.352 e. The van der Waals surface area contributed by atoms with Gasteiger partial charge in [0, 0.05) is 37.3 Å². The predicted molar refractivity (Wildman–Crippen MR) is 109 cm³/mol. The number of carbonyl (C=O) groups is 1. The number of rotatable bonds is 11. The van der Waals surface area contributed by atoms with Crippen LogP contribution in [0.5, 0.6) is 0 Å². The van der Waals surface area contributed by atoms with Gasteiger partial charge in [0.2, 0.25) is 0 Å². The zero-order valence-corrected chi connectivity index (χ0v) is 16.9. The molecule has 0 bridgehead atoms. The number of thioether (sulfide) groups is 1. The lowest BCUT2D eigenvalue weighted by Crippen LogP contribution is -2.27. The van der Waals surface area contributed by atoms with Crippen molar-refractivity contribution in [3.05, 3.63) is 47.8 Å². The fraction of sp³-hybridized carbons (Fsp3) is 0.500. The van der Waals surface area contributed by atoms with E-state index in [2.05, 4.69) is 35.1 Å². The van der Waals surface area contributed by atoms with Crippen molar-refractivity contribution < 1.29 is 4.79 Å². The van der Waals surface area contributed by atoms with Gasteiger partial charge in [-0.05, 0) is 50.2 Å². The van der Waals surface area contributed by atoms with Crippen molar-refractivity contribution >= 4 is 17.7 Å². The maximum absolute atomic E-state index is 12.3. The number of nitrogens with zero attached hydrogens (tertiary/aromatic N) is 3. The molecule has 0 saturated carbocycles. The molecule has 0 aliphatic heterocycles. The molecule has 1 amide bonds. The summed E-state index contributed by atoms with van der Waals surface area (Å²) in [6.07, 6.45) is 5.86. The van der Waals surface area contributed by atoms with Gasteiger partial charge < -0.3 is 14.8 Å². The molecule has 0 saturated heterocycles. The SMILES string of the molecule is CCN(CC)CCCCNC(=O)c1cccc(CSc2nccn2C)c1. The van der Waals surface area contributed by atoms with Crippen LogP contribution in [-0.4, -0.2) is 46.5 Å². The van der Waals surface area contributed by atoms with Gasteiger partial charge >= 0.3 is 0 Å². The van der Waals surface area contributed by atoms with E-state index in [1.54, 1.807) is 18.0 Å². The summed E-state index contributed by atoms with van der Waals surface area (Å²) >= 11 is 1.67. The molecule has 0 unspecified atom stereocenters. The van der Waals surface area contributed by atoms with Crippen molar-refractivity contribution in [2.24, 2.45) is 7.05 Å². The van der Waals surface area contributed by atoms with Crippen molar-refractivity contribution in [1.82, 2.24) is 19.8 Å². The molecule has 0 aliphatic carbocycles. The molecular weight excluding hydrogens is 344 g/mol. The fourth-order valence-corrected chi connectivity index (χ4v) is 3.62. The Hall–Kier alpha value is -1.79. The molecule has 5 nitrogen and oxygen atoms in total. The Balaban J connectivity index is 1.75. The van der Waals surface area contributed by atoms with Crippen LogP contribution in [0.25, 0.3) is 0 Å².